The first-order valence-electron chi connectivity index (χ1n) is 10.6. The fraction of sp³-hybridized carbons (Fsp3) is 0.550. The molecule has 0 spiro atoms. The molecule has 1 unspecified atom stereocenters. The van der Waals surface area contributed by atoms with Crippen molar-refractivity contribution >= 4 is 23.2 Å². The van der Waals surface area contributed by atoms with Crippen LogP contribution in [-0.4, -0.2) is 65.9 Å². The summed E-state index contributed by atoms with van der Waals surface area (Å²) in [5, 5.41) is 20.5. The molecule has 5 heterocycles. The van der Waals surface area contributed by atoms with E-state index in [1.54, 1.807) is 21.6 Å². The van der Waals surface area contributed by atoms with Crippen LogP contribution in [0.2, 0.25) is 0 Å². The Morgan fingerprint density at radius 1 is 1.20 bits per heavy atom. The Morgan fingerprint density at radius 3 is 3.13 bits per heavy atom. The monoisotopic (exact) mass is 426 g/mol. The van der Waals surface area contributed by atoms with Crippen molar-refractivity contribution in [1.29, 1.82) is 0 Å². The van der Waals surface area contributed by atoms with Gasteiger partial charge in [0, 0.05) is 37.4 Å². The van der Waals surface area contributed by atoms with Gasteiger partial charge in [0.1, 0.15) is 12.1 Å². The molecule has 9 nitrogen and oxygen atoms in total. The molecule has 30 heavy (non-hydrogen) atoms. The summed E-state index contributed by atoms with van der Waals surface area (Å²) in [6.07, 6.45) is 6.14. The van der Waals surface area contributed by atoms with Gasteiger partial charge in [-0.05, 0) is 42.8 Å². The fourth-order valence-corrected chi connectivity index (χ4v) is 5.22. The molecule has 0 aliphatic carbocycles. The molecule has 1 saturated heterocycles. The van der Waals surface area contributed by atoms with E-state index in [1.807, 2.05) is 23.9 Å². The largest absolute Gasteiger partial charge is 0.367 e. The van der Waals surface area contributed by atoms with Crippen molar-refractivity contribution in [3.8, 4) is 0 Å². The second-order valence-electron chi connectivity index (χ2n) is 7.90. The smallest absolute Gasteiger partial charge is 0.267 e. The van der Waals surface area contributed by atoms with Gasteiger partial charge in [-0.25, -0.2) is 4.68 Å². The zero-order chi connectivity index (χ0) is 20.3. The van der Waals surface area contributed by atoms with Crippen LogP contribution in [0.1, 0.15) is 30.5 Å². The van der Waals surface area contributed by atoms with Gasteiger partial charge in [-0.1, -0.05) is 6.42 Å². The maximum absolute atomic E-state index is 12.5. The van der Waals surface area contributed by atoms with Crippen LogP contribution in [0, 0.1) is 0 Å². The Morgan fingerprint density at radius 2 is 2.17 bits per heavy atom. The van der Waals surface area contributed by atoms with Crippen molar-refractivity contribution in [2.24, 2.45) is 0 Å². The van der Waals surface area contributed by atoms with Gasteiger partial charge in [-0.15, -0.1) is 15.3 Å². The number of nitrogens with one attached hydrogen (secondary N) is 1. The van der Waals surface area contributed by atoms with E-state index in [-0.39, 0.29) is 5.56 Å². The molecule has 1 fully saturated rings. The number of aryl methyl sites for hydroxylation is 1. The summed E-state index contributed by atoms with van der Waals surface area (Å²) in [7, 11) is 0. The van der Waals surface area contributed by atoms with Gasteiger partial charge in [-0.3, -0.25) is 9.69 Å². The minimum Gasteiger partial charge on any atom is -0.367 e. The lowest BCUT2D eigenvalue weighted by Crippen LogP contribution is -2.45. The molecule has 0 saturated carbocycles. The lowest BCUT2D eigenvalue weighted by molar-refractivity contribution is 0.147. The number of piperidine rings is 1. The SMILES string of the molecule is O=c1cc2c(nn1CCN1CCCCC1CNc1ccc3nncn3n1)CCSC2. The highest BCUT2D eigenvalue weighted by Crippen LogP contribution is 2.21. The van der Waals surface area contributed by atoms with E-state index in [0.717, 1.165) is 66.7 Å². The molecular formula is C20H26N8OS. The predicted molar refractivity (Wildman–Crippen MR) is 117 cm³/mol. The van der Waals surface area contributed by atoms with Crippen LogP contribution in [0.5, 0.6) is 0 Å². The third kappa shape index (κ3) is 4.20. The molecule has 0 aromatic carbocycles. The zero-order valence-electron chi connectivity index (χ0n) is 16.9. The number of hydrogen-bond acceptors (Lipinski definition) is 8. The average Bonchev–Trinajstić information content (AvgIpc) is 3.25. The van der Waals surface area contributed by atoms with Gasteiger partial charge in [-0.2, -0.15) is 21.4 Å². The summed E-state index contributed by atoms with van der Waals surface area (Å²) in [6, 6.07) is 6.05. The molecule has 10 heteroatoms. The summed E-state index contributed by atoms with van der Waals surface area (Å²) in [6.45, 7) is 3.36. The lowest BCUT2D eigenvalue weighted by atomic mass is 10.0. The Kier molecular flexibility index (Phi) is 5.67. The third-order valence-corrected chi connectivity index (χ3v) is 6.94. The number of rotatable bonds is 6. The average molecular weight is 427 g/mol. The number of thioether (sulfide) groups is 1. The molecule has 0 bridgehead atoms. The third-order valence-electron chi connectivity index (χ3n) is 5.93. The number of nitrogens with zero attached hydrogens (tertiary/aromatic N) is 7. The van der Waals surface area contributed by atoms with Crippen LogP contribution in [0.3, 0.4) is 0 Å². The van der Waals surface area contributed by atoms with Crippen molar-refractivity contribution in [3.63, 3.8) is 0 Å². The molecule has 3 aromatic rings. The molecular weight excluding hydrogens is 400 g/mol. The lowest BCUT2D eigenvalue weighted by Gasteiger charge is -2.36. The molecule has 1 N–H and O–H groups in total. The fourth-order valence-electron chi connectivity index (χ4n) is 4.27. The van der Waals surface area contributed by atoms with E-state index >= 15 is 0 Å². The van der Waals surface area contributed by atoms with E-state index in [1.165, 1.54) is 12.8 Å². The maximum atomic E-state index is 12.5. The molecule has 1 atom stereocenters. The van der Waals surface area contributed by atoms with Gasteiger partial charge >= 0.3 is 0 Å². The maximum Gasteiger partial charge on any atom is 0.267 e. The van der Waals surface area contributed by atoms with E-state index in [2.05, 4.69) is 30.6 Å². The highest BCUT2D eigenvalue weighted by atomic mass is 32.2. The number of hydrogen-bond donors (Lipinski definition) is 1. The summed E-state index contributed by atoms with van der Waals surface area (Å²) >= 11 is 1.88. The normalized spacial score (nSPS) is 19.7. The van der Waals surface area contributed by atoms with E-state index in [9.17, 15) is 4.79 Å². The first-order chi connectivity index (χ1) is 14.8. The minimum atomic E-state index is 0.0226. The van der Waals surface area contributed by atoms with Crippen molar-refractivity contribution in [2.45, 2.75) is 44.0 Å². The van der Waals surface area contributed by atoms with Crippen molar-refractivity contribution in [1.82, 2.24) is 34.5 Å². The summed E-state index contributed by atoms with van der Waals surface area (Å²) < 4.78 is 3.34. The minimum absolute atomic E-state index is 0.0226. The number of aromatic nitrogens is 6. The topological polar surface area (TPSA) is 93.2 Å². The Labute approximate surface area is 178 Å². The van der Waals surface area contributed by atoms with Crippen LogP contribution >= 0.6 is 11.8 Å². The van der Waals surface area contributed by atoms with Crippen molar-refractivity contribution in [3.05, 3.63) is 46.1 Å². The highest BCUT2D eigenvalue weighted by Gasteiger charge is 2.23. The molecule has 3 aromatic heterocycles. The van der Waals surface area contributed by atoms with Gasteiger partial charge in [0.15, 0.2) is 5.65 Å². The van der Waals surface area contributed by atoms with Crippen molar-refractivity contribution < 1.29 is 0 Å². The van der Waals surface area contributed by atoms with Crippen LogP contribution in [-0.2, 0) is 18.7 Å². The van der Waals surface area contributed by atoms with Gasteiger partial charge in [0.2, 0.25) is 0 Å². The van der Waals surface area contributed by atoms with Gasteiger partial charge in [0.25, 0.3) is 5.56 Å². The van der Waals surface area contributed by atoms with Gasteiger partial charge in [0.05, 0.1) is 12.2 Å². The Hall–Kier alpha value is -2.46. The Balaban J connectivity index is 1.22. The molecule has 2 aliphatic rings. The second-order valence-corrected chi connectivity index (χ2v) is 9.00. The quantitative estimate of drug-likeness (QED) is 0.633. The van der Waals surface area contributed by atoms with E-state index < -0.39 is 0 Å². The number of likely N-dealkylation sites (tertiary alicyclic amines) is 1. The zero-order valence-corrected chi connectivity index (χ0v) is 17.7. The second kappa shape index (κ2) is 8.73. The molecule has 0 radical (unpaired) electrons. The highest BCUT2D eigenvalue weighted by molar-refractivity contribution is 7.98. The molecule has 5 rings (SSSR count). The number of anilines is 1. The first kappa shape index (κ1) is 19.5. The van der Waals surface area contributed by atoms with E-state index in [0.29, 0.717) is 12.6 Å². The first-order valence-corrected chi connectivity index (χ1v) is 11.7. The van der Waals surface area contributed by atoms with Crippen molar-refractivity contribution in [2.75, 3.05) is 30.7 Å². The van der Waals surface area contributed by atoms with E-state index in [4.69, 9.17) is 0 Å². The molecule has 2 aliphatic heterocycles. The van der Waals surface area contributed by atoms with Crippen LogP contribution in [0.25, 0.3) is 5.65 Å². The molecule has 158 valence electrons. The summed E-state index contributed by atoms with van der Waals surface area (Å²) in [5.74, 6) is 2.82. The standard InChI is InChI=1S/C20H26N8OS/c29-20-11-15-13-30-10-6-17(15)24-27(20)9-8-26-7-2-1-3-16(26)12-21-18-4-5-19-23-22-14-28(19)25-18/h4-5,11,14,16H,1-3,6-10,12-13H2,(H,21,25). The predicted octanol–water partition coefficient (Wildman–Crippen LogP) is 1.44. The Bertz CT molecular complexity index is 1080. The summed E-state index contributed by atoms with van der Waals surface area (Å²) in [5.41, 5.74) is 2.97. The van der Waals surface area contributed by atoms with Crippen LogP contribution in [0.4, 0.5) is 5.82 Å². The van der Waals surface area contributed by atoms with Crippen LogP contribution < -0.4 is 10.9 Å². The summed E-state index contributed by atoms with van der Waals surface area (Å²) in [4.78, 5) is 15.0. The van der Waals surface area contributed by atoms with Crippen LogP contribution in [0.15, 0.2) is 29.3 Å². The molecule has 0 amide bonds. The number of fused-ring (bicyclic) bond motifs is 2. The van der Waals surface area contributed by atoms with Gasteiger partial charge < -0.3 is 5.32 Å².